The van der Waals surface area contributed by atoms with Crippen molar-refractivity contribution in [1.82, 2.24) is 4.90 Å². The number of halogens is 2. The Hall–Kier alpha value is -3.33. The van der Waals surface area contributed by atoms with Crippen LogP contribution in [0, 0.1) is 11.2 Å². The molecule has 0 aliphatic carbocycles. The summed E-state index contributed by atoms with van der Waals surface area (Å²) in [6.07, 6.45) is 0. The lowest BCUT2D eigenvalue weighted by atomic mass is 9.85. The third-order valence-corrected chi connectivity index (χ3v) is 5.60. The Balaban J connectivity index is 0.00000456. The number of ether oxygens (including phenoxy) is 3. The molecule has 2 aromatic rings. The van der Waals surface area contributed by atoms with Crippen LogP contribution in [0.25, 0.3) is 0 Å². The van der Waals surface area contributed by atoms with Crippen molar-refractivity contribution in [3.8, 4) is 17.2 Å². The van der Waals surface area contributed by atoms with Crippen molar-refractivity contribution >= 4 is 30.0 Å². The number of nitrogens with one attached hydrogen (secondary N) is 1. The summed E-state index contributed by atoms with van der Waals surface area (Å²) < 4.78 is 31.7. The van der Waals surface area contributed by atoms with Gasteiger partial charge < -0.3 is 24.2 Å². The molecule has 0 saturated heterocycles. The molecule has 0 fully saturated rings. The molecule has 0 atom stereocenters. The quantitative estimate of drug-likeness (QED) is 0.430. The zero-order valence-corrected chi connectivity index (χ0v) is 21.9. The first-order valence-electron chi connectivity index (χ1n) is 11.4. The van der Waals surface area contributed by atoms with Gasteiger partial charge in [-0.25, -0.2) is 9.18 Å². The maximum Gasteiger partial charge on any atom is 0.341 e. The lowest BCUT2D eigenvalue weighted by Gasteiger charge is -2.22. The van der Waals surface area contributed by atoms with E-state index in [0.29, 0.717) is 12.2 Å². The summed E-state index contributed by atoms with van der Waals surface area (Å²) in [6, 6.07) is 6.71. The van der Waals surface area contributed by atoms with Crippen LogP contribution in [0.1, 0.15) is 61.7 Å². The summed E-state index contributed by atoms with van der Waals surface area (Å²) in [7, 11) is 0. The molecule has 0 bridgehead atoms. The van der Waals surface area contributed by atoms with E-state index >= 15 is 4.39 Å². The smallest absolute Gasteiger partial charge is 0.341 e. The Morgan fingerprint density at radius 2 is 1.75 bits per heavy atom. The summed E-state index contributed by atoms with van der Waals surface area (Å²) in [5.74, 6) is -1.99. The minimum absolute atomic E-state index is 0. The van der Waals surface area contributed by atoms with Gasteiger partial charge in [-0.1, -0.05) is 26.8 Å². The molecule has 0 aromatic heterocycles. The van der Waals surface area contributed by atoms with Crippen LogP contribution in [-0.2, 0) is 16.8 Å². The monoisotopic (exact) mass is 522 g/mol. The number of fused-ring (bicyclic) bond motifs is 1. The van der Waals surface area contributed by atoms with Crippen molar-refractivity contribution in [3.05, 3.63) is 52.3 Å². The zero-order valence-electron chi connectivity index (χ0n) is 21.1. The van der Waals surface area contributed by atoms with E-state index < -0.39 is 18.4 Å². The Morgan fingerprint density at radius 3 is 2.33 bits per heavy atom. The van der Waals surface area contributed by atoms with Gasteiger partial charge in [0, 0.05) is 6.54 Å². The summed E-state index contributed by atoms with van der Waals surface area (Å²) in [5, 5.41) is 17.5. The second-order valence-corrected chi connectivity index (χ2v) is 9.19. The minimum Gasteiger partial charge on any atom is -0.490 e. The molecule has 1 aliphatic heterocycles. The predicted octanol–water partition coefficient (Wildman–Crippen LogP) is 4.83. The number of carboxylic acids is 1. The minimum atomic E-state index is -1.16. The van der Waals surface area contributed by atoms with E-state index in [1.165, 1.54) is 4.90 Å². The van der Waals surface area contributed by atoms with Gasteiger partial charge in [0.15, 0.2) is 29.7 Å². The normalized spacial score (nSPS) is 12.6. The van der Waals surface area contributed by atoms with E-state index in [0.717, 1.165) is 5.56 Å². The van der Waals surface area contributed by atoms with Gasteiger partial charge in [-0.15, -0.1) is 12.4 Å². The zero-order chi connectivity index (χ0) is 25.9. The van der Waals surface area contributed by atoms with Crippen LogP contribution in [0.3, 0.4) is 0 Å². The van der Waals surface area contributed by atoms with Gasteiger partial charge in [-0.2, -0.15) is 0 Å². The number of benzene rings is 2. The van der Waals surface area contributed by atoms with Crippen LogP contribution in [0.5, 0.6) is 17.2 Å². The molecular weight excluding hydrogens is 491 g/mol. The first kappa shape index (κ1) is 28.9. The molecule has 0 unspecified atom stereocenters. The molecule has 36 heavy (non-hydrogen) atoms. The maximum absolute atomic E-state index is 15.3. The number of aliphatic carboxylic acids is 1. The Labute approximate surface area is 216 Å². The van der Waals surface area contributed by atoms with E-state index in [1.54, 1.807) is 38.1 Å². The standard InChI is InChI=1S/C26H31FN2O6.ClH/c1-6-33-20-10-15-12-29(25(28)22(15)23(27)24(20)34-7-2)13-18(30)17-11-16(26(3,4)5)8-9-19(17)35-14-21(31)32;/h8-11,28H,6-7,12-14H2,1-5H3,(H,31,32);1H. The molecule has 0 radical (unpaired) electrons. The van der Waals surface area contributed by atoms with E-state index in [4.69, 9.17) is 24.7 Å². The number of hydrogen-bond donors (Lipinski definition) is 2. The molecule has 1 heterocycles. The van der Waals surface area contributed by atoms with Gasteiger partial charge in [-0.3, -0.25) is 10.2 Å². The summed E-state index contributed by atoms with van der Waals surface area (Å²) in [6.45, 7) is 9.40. The highest BCUT2D eigenvalue weighted by atomic mass is 35.5. The molecule has 2 N–H and O–H groups in total. The van der Waals surface area contributed by atoms with E-state index in [2.05, 4.69) is 0 Å². The number of carbonyl (C=O) groups excluding carboxylic acids is 1. The first-order chi connectivity index (χ1) is 16.5. The molecule has 1 aliphatic rings. The fraction of sp³-hybridized carbons (Fsp3) is 0.423. The lowest BCUT2D eigenvalue weighted by Crippen LogP contribution is -2.31. The van der Waals surface area contributed by atoms with Gasteiger partial charge in [0.05, 0.1) is 30.9 Å². The van der Waals surface area contributed by atoms with Gasteiger partial charge in [-0.05, 0) is 48.6 Å². The fourth-order valence-electron chi connectivity index (χ4n) is 3.90. The topological polar surface area (TPSA) is 109 Å². The van der Waals surface area contributed by atoms with Gasteiger partial charge >= 0.3 is 5.97 Å². The molecular formula is C26H32ClFN2O6. The van der Waals surface area contributed by atoms with Gasteiger partial charge in [0.25, 0.3) is 0 Å². The number of rotatable bonds is 10. The number of Topliss-reactive ketones (excluding diaryl/α,β-unsaturated/α-hetero) is 1. The van der Waals surface area contributed by atoms with E-state index in [-0.39, 0.29) is 77.5 Å². The average molecular weight is 523 g/mol. The van der Waals surface area contributed by atoms with Crippen LogP contribution in [0.2, 0.25) is 0 Å². The van der Waals surface area contributed by atoms with Crippen molar-refractivity contribution in [2.24, 2.45) is 0 Å². The SMILES string of the molecule is CCOc1cc2c(c(F)c1OCC)C(=N)N(CC(=O)c1cc(C(C)(C)C)ccc1OCC(=O)O)C2.Cl. The van der Waals surface area contributed by atoms with Gasteiger partial charge in [0.2, 0.25) is 0 Å². The summed E-state index contributed by atoms with van der Waals surface area (Å²) in [4.78, 5) is 25.8. The molecule has 0 spiro atoms. The molecule has 8 nitrogen and oxygen atoms in total. The van der Waals surface area contributed by atoms with Crippen molar-refractivity contribution in [1.29, 1.82) is 5.41 Å². The highest BCUT2D eigenvalue weighted by molar-refractivity contribution is 6.06. The molecule has 10 heteroatoms. The fourth-order valence-corrected chi connectivity index (χ4v) is 3.90. The first-order valence-corrected chi connectivity index (χ1v) is 11.4. The van der Waals surface area contributed by atoms with Crippen LogP contribution in [0.4, 0.5) is 4.39 Å². The Bertz CT molecular complexity index is 1160. The highest BCUT2D eigenvalue weighted by Gasteiger charge is 2.33. The lowest BCUT2D eigenvalue weighted by molar-refractivity contribution is -0.139. The summed E-state index contributed by atoms with van der Waals surface area (Å²) in [5.41, 5.74) is 1.43. The average Bonchev–Trinajstić information content (AvgIpc) is 3.09. The number of ketones is 1. The predicted molar refractivity (Wildman–Crippen MR) is 136 cm³/mol. The van der Waals surface area contributed by atoms with Gasteiger partial charge in [0.1, 0.15) is 11.6 Å². The molecule has 0 saturated carbocycles. The van der Waals surface area contributed by atoms with Crippen molar-refractivity contribution < 1.29 is 33.3 Å². The van der Waals surface area contributed by atoms with Crippen molar-refractivity contribution in [2.45, 2.75) is 46.6 Å². The van der Waals surface area contributed by atoms with Crippen LogP contribution in [0.15, 0.2) is 24.3 Å². The molecule has 2 aromatic carbocycles. The van der Waals surface area contributed by atoms with Crippen LogP contribution in [-0.4, -0.2) is 54.0 Å². The third kappa shape index (κ3) is 6.07. The highest BCUT2D eigenvalue weighted by Crippen LogP contribution is 2.39. The molecule has 196 valence electrons. The Morgan fingerprint density at radius 1 is 1.08 bits per heavy atom. The van der Waals surface area contributed by atoms with Crippen molar-refractivity contribution in [3.63, 3.8) is 0 Å². The number of carbonyl (C=O) groups is 2. The third-order valence-electron chi connectivity index (χ3n) is 5.60. The van der Waals surface area contributed by atoms with E-state index in [9.17, 15) is 9.59 Å². The molecule has 3 rings (SSSR count). The number of nitrogens with zero attached hydrogens (tertiary/aromatic N) is 1. The Kier molecular flexibility index (Phi) is 9.32. The van der Waals surface area contributed by atoms with Crippen molar-refractivity contribution in [2.75, 3.05) is 26.4 Å². The number of carboxylic acid groups (broad SMARTS) is 1. The second-order valence-electron chi connectivity index (χ2n) is 9.19. The number of hydrogen-bond acceptors (Lipinski definition) is 6. The second kappa shape index (κ2) is 11.6. The summed E-state index contributed by atoms with van der Waals surface area (Å²) >= 11 is 0. The van der Waals surface area contributed by atoms with E-state index in [1.807, 2.05) is 20.8 Å². The largest absolute Gasteiger partial charge is 0.490 e. The van der Waals surface area contributed by atoms with Crippen LogP contribution < -0.4 is 14.2 Å². The number of amidine groups is 1. The molecule has 0 amide bonds. The van der Waals surface area contributed by atoms with Crippen LogP contribution >= 0.6 is 12.4 Å². The maximum atomic E-state index is 15.3.